The van der Waals surface area contributed by atoms with Crippen LogP contribution in [-0.2, 0) is 23.7 Å². The van der Waals surface area contributed by atoms with E-state index in [4.69, 9.17) is 18.9 Å². The van der Waals surface area contributed by atoms with Crippen LogP contribution < -0.4 is 5.32 Å². The fraction of sp³-hybridized carbons (Fsp3) is 0.806. The number of methoxy groups -OCH3 is 1. The Hall–Kier alpha value is -1.98. The van der Waals surface area contributed by atoms with E-state index in [9.17, 15) is 19.8 Å². The molecule has 0 saturated carbocycles. The van der Waals surface area contributed by atoms with Gasteiger partial charge in [-0.2, -0.15) is 0 Å². The molecule has 3 fully saturated rings. The summed E-state index contributed by atoms with van der Waals surface area (Å²) in [6.07, 6.45) is 5.60. The summed E-state index contributed by atoms with van der Waals surface area (Å²) in [6, 6.07) is 0. The minimum atomic E-state index is -0.934. The largest absolute Gasteiger partial charge is 0.481 e. The van der Waals surface area contributed by atoms with E-state index >= 15 is 0 Å². The van der Waals surface area contributed by atoms with Gasteiger partial charge in [0.1, 0.15) is 6.10 Å². The number of hydrogen-bond donors (Lipinski definition) is 3. The molecule has 41 heavy (non-hydrogen) atoms. The molecule has 1 amide bonds. The van der Waals surface area contributed by atoms with Crippen molar-refractivity contribution in [2.75, 3.05) is 33.3 Å². The quantitative estimate of drug-likeness (QED) is 0.231. The van der Waals surface area contributed by atoms with Crippen molar-refractivity contribution in [1.29, 1.82) is 0 Å². The molecule has 3 aliphatic heterocycles. The molecule has 3 aliphatic rings. The molecule has 0 radical (unpaired) electrons. The maximum Gasteiger partial charge on any atom is 0.410 e. The van der Waals surface area contributed by atoms with Gasteiger partial charge in [0.25, 0.3) is 0 Å². The number of hydrogen-bond acceptors (Lipinski definition) is 8. The van der Waals surface area contributed by atoms with E-state index in [-0.39, 0.29) is 55.6 Å². The summed E-state index contributed by atoms with van der Waals surface area (Å²) in [4.78, 5) is 26.2. The van der Waals surface area contributed by atoms with Crippen molar-refractivity contribution in [3.8, 4) is 0 Å². The monoisotopic (exact) mass is 582 g/mol. The van der Waals surface area contributed by atoms with Crippen LogP contribution in [-0.4, -0.2) is 103 Å². The van der Waals surface area contributed by atoms with Gasteiger partial charge in [0, 0.05) is 46.4 Å². The molecule has 10 heteroatoms. The van der Waals surface area contributed by atoms with Gasteiger partial charge in [0.2, 0.25) is 0 Å². The zero-order valence-corrected chi connectivity index (χ0v) is 25.9. The topological polar surface area (TPSA) is 130 Å². The Kier molecular flexibility index (Phi) is 12.2. The van der Waals surface area contributed by atoms with Gasteiger partial charge in [-0.15, -0.1) is 0 Å². The highest BCUT2D eigenvalue weighted by Crippen LogP contribution is 2.47. The maximum atomic E-state index is 13.0. The number of nitrogens with one attached hydrogen (secondary N) is 1. The first-order valence-corrected chi connectivity index (χ1v) is 15.1. The molecule has 0 spiro atoms. The van der Waals surface area contributed by atoms with Gasteiger partial charge in [-0.1, -0.05) is 39.0 Å². The van der Waals surface area contributed by atoms with Crippen molar-refractivity contribution >= 4 is 12.1 Å². The van der Waals surface area contributed by atoms with Gasteiger partial charge in [-0.05, 0) is 51.6 Å². The van der Waals surface area contributed by atoms with Crippen LogP contribution in [0.5, 0.6) is 0 Å². The van der Waals surface area contributed by atoms with Crippen LogP contribution in [0.1, 0.15) is 68.7 Å². The average Bonchev–Trinajstić information content (AvgIpc) is 3.63. The molecule has 0 unspecified atom stereocenters. The van der Waals surface area contributed by atoms with E-state index in [1.807, 2.05) is 26.0 Å². The molecule has 0 aliphatic carbocycles. The average molecular weight is 583 g/mol. The number of ether oxygens (including phenoxy) is 4. The summed E-state index contributed by atoms with van der Waals surface area (Å²) < 4.78 is 23.8. The van der Waals surface area contributed by atoms with Crippen molar-refractivity contribution in [3.05, 3.63) is 23.8 Å². The Labute approximate surface area is 246 Å². The Morgan fingerprint density at radius 3 is 2.63 bits per heavy atom. The first-order valence-electron chi connectivity index (χ1n) is 15.1. The van der Waals surface area contributed by atoms with Gasteiger partial charge in [-0.3, -0.25) is 4.79 Å². The van der Waals surface area contributed by atoms with Crippen LogP contribution in [0.2, 0.25) is 0 Å². The van der Waals surface area contributed by atoms with Crippen molar-refractivity contribution in [2.24, 2.45) is 17.8 Å². The fourth-order valence-corrected chi connectivity index (χ4v) is 6.60. The molecular formula is C31H54N2O8. The number of epoxide rings is 1. The third kappa shape index (κ3) is 9.25. The number of carboxylic acid groups (broad SMARTS) is 1. The molecule has 3 N–H and O–H groups in total. The van der Waals surface area contributed by atoms with Crippen molar-refractivity contribution in [1.82, 2.24) is 10.2 Å². The van der Waals surface area contributed by atoms with Crippen LogP contribution >= 0.6 is 0 Å². The smallest absolute Gasteiger partial charge is 0.410 e. The second-order valence-corrected chi connectivity index (χ2v) is 12.5. The van der Waals surface area contributed by atoms with E-state index in [0.29, 0.717) is 19.5 Å². The highest BCUT2D eigenvalue weighted by Gasteiger charge is 2.56. The molecule has 10 atom stereocenters. The third-order valence-corrected chi connectivity index (χ3v) is 8.81. The number of carboxylic acids is 1. The number of aliphatic hydroxyl groups excluding tert-OH is 1. The zero-order chi connectivity index (χ0) is 30.3. The molecule has 3 rings (SSSR count). The number of amides is 1. The molecule has 3 saturated heterocycles. The number of carbonyl (C=O) groups is 2. The minimum absolute atomic E-state index is 0. The molecule has 3 heterocycles. The lowest BCUT2D eigenvalue weighted by molar-refractivity contribution is -0.151. The van der Waals surface area contributed by atoms with Crippen molar-refractivity contribution < 1.29 is 40.2 Å². The summed E-state index contributed by atoms with van der Waals surface area (Å²) in [5.41, 5.74) is 0.690. The van der Waals surface area contributed by atoms with Crippen LogP contribution in [0, 0.1) is 17.8 Å². The van der Waals surface area contributed by atoms with Crippen LogP contribution in [0.15, 0.2) is 23.8 Å². The number of allylic oxidation sites excluding steroid dienone is 3. The van der Waals surface area contributed by atoms with Crippen LogP contribution in [0.25, 0.3) is 0 Å². The standard InChI is InChI=1S/C31H52N2O8.H2/c1-19(18-31(6)29(41-31)22(4)28(38-7)23(5)34)10-8-11-20(2)27-21(3)25(16-24(39-27)17-26(35)36)40-30(37)33-14-9-12-32-13-15-33;/h8,10-11,19,21-25,27-29,32,34H,9,12-18H2,1-7H3,(H,35,36);1H/b10-8+,20-11+;/t19-,21+,22-,23-,24-,25-,27-,28-,29-,31-;/m1./s1. The summed E-state index contributed by atoms with van der Waals surface area (Å²) in [6.45, 7) is 14.9. The first-order chi connectivity index (χ1) is 19.4. The number of aliphatic hydroxyl groups is 1. The van der Waals surface area contributed by atoms with E-state index in [1.54, 1.807) is 18.9 Å². The minimum Gasteiger partial charge on any atom is -0.481 e. The Bertz CT molecular complexity index is 938. The predicted octanol–water partition coefficient (Wildman–Crippen LogP) is 4.02. The zero-order valence-electron chi connectivity index (χ0n) is 25.9. The molecule has 0 bridgehead atoms. The number of carbonyl (C=O) groups excluding carboxylic acids is 1. The summed E-state index contributed by atoms with van der Waals surface area (Å²) in [7, 11) is 1.62. The number of aliphatic carboxylic acids is 1. The Balaban J connectivity index is 0.00000616. The Morgan fingerprint density at radius 1 is 1.24 bits per heavy atom. The second-order valence-electron chi connectivity index (χ2n) is 12.5. The maximum absolute atomic E-state index is 13.0. The lowest BCUT2D eigenvalue weighted by Gasteiger charge is -2.40. The van der Waals surface area contributed by atoms with Gasteiger partial charge in [-0.25, -0.2) is 4.79 Å². The second kappa shape index (κ2) is 15.0. The number of rotatable bonds is 12. The van der Waals surface area contributed by atoms with E-state index in [1.165, 1.54) is 0 Å². The highest BCUT2D eigenvalue weighted by molar-refractivity contribution is 5.68. The van der Waals surface area contributed by atoms with E-state index < -0.39 is 24.3 Å². The van der Waals surface area contributed by atoms with Crippen LogP contribution in [0.4, 0.5) is 4.79 Å². The third-order valence-electron chi connectivity index (χ3n) is 8.81. The van der Waals surface area contributed by atoms with Gasteiger partial charge in [0.05, 0.1) is 42.5 Å². The summed E-state index contributed by atoms with van der Waals surface area (Å²) in [5.74, 6) is -0.740. The van der Waals surface area contributed by atoms with Crippen LogP contribution in [0.3, 0.4) is 0 Å². The fourth-order valence-electron chi connectivity index (χ4n) is 6.60. The number of nitrogens with zero attached hydrogens (tertiary/aromatic N) is 1. The van der Waals surface area contributed by atoms with Gasteiger partial charge < -0.3 is 39.4 Å². The first kappa shape index (κ1) is 33.5. The lowest BCUT2D eigenvalue weighted by atomic mass is 9.85. The highest BCUT2D eigenvalue weighted by atomic mass is 16.6. The predicted molar refractivity (Wildman–Crippen MR) is 158 cm³/mol. The SMILES string of the molecule is CO[C@H]([C@@H](C)[C@H]1O[C@]1(C)C[C@H](C)/C=C/C=C(\C)[C@H]1O[C@@H](CC(=O)O)C[C@@H](OC(=O)N2CCCNCC2)[C@@H]1C)[C@@H](C)O.[HH]. The van der Waals surface area contributed by atoms with E-state index in [0.717, 1.165) is 31.5 Å². The normalized spacial score (nSPS) is 34.0. The lowest BCUT2D eigenvalue weighted by Crippen LogP contribution is -2.48. The van der Waals surface area contributed by atoms with E-state index in [2.05, 4.69) is 32.2 Å². The molecule has 0 aromatic rings. The van der Waals surface area contributed by atoms with Crippen molar-refractivity contribution in [3.63, 3.8) is 0 Å². The van der Waals surface area contributed by atoms with Crippen molar-refractivity contribution in [2.45, 2.75) is 109 Å². The summed E-state index contributed by atoms with van der Waals surface area (Å²) in [5, 5.41) is 22.7. The molecule has 0 aromatic carbocycles. The van der Waals surface area contributed by atoms with Gasteiger partial charge >= 0.3 is 12.1 Å². The summed E-state index contributed by atoms with van der Waals surface area (Å²) >= 11 is 0. The molecule has 0 aromatic heterocycles. The molecule has 236 valence electrons. The Morgan fingerprint density at radius 2 is 1.98 bits per heavy atom. The van der Waals surface area contributed by atoms with Gasteiger partial charge in [0.15, 0.2) is 0 Å². The molecule has 10 nitrogen and oxygen atoms in total. The molecular weight excluding hydrogens is 528 g/mol.